The number of carbonyl (C=O) groups excluding carboxylic acids is 2. The quantitative estimate of drug-likeness (QED) is 0.509. The Morgan fingerprint density at radius 2 is 1.69 bits per heavy atom. The summed E-state index contributed by atoms with van der Waals surface area (Å²) in [5, 5.41) is 5.69. The van der Waals surface area contributed by atoms with E-state index in [1.54, 1.807) is 0 Å². The summed E-state index contributed by atoms with van der Waals surface area (Å²) in [5.74, 6) is 1.04. The molecule has 32 heavy (non-hydrogen) atoms. The molecule has 0 fully saturated rings. The van der Waals surface area contributed by atoms with E-state index in [1.165, 1.54) is 0 Å². The van der Waals surface area contributed by atoms with Crippen LogP contribution in [0.4, 0.5) is 4.79 Å². The lowest BCUT2D eigenvalue weighted by atomic mass is 9.93. The lowest BCUT2D eigenvalue weighted by Gasteiger charge is -2.30. The SMILES string of the molecule is CCCCC1=C(C(=O)OC(C)C)C(c2ccc(Oc3cc(C)cc(C)c3)cc2)NC(=O)N1. The Morgan fingerprint density at radius 1 is 1.03 bits per heavy atom. The molecule has 1 unspecified atom stereocenters. The molecule has 1 aliphatic heterocycles. The van der Waals surface area contributed by atoms with Gasteiger partial charge in [-0.2, -0.15) is 0 Å². The molecule has 0 saturated heterocycles. The molecule has 6 nitrogen and oxygen atoms in total. The topological polar surface area (TPSA) is 76.7 Å². The second-order valence-corrected chi connectivity index (χ2v) is 8.48. The first-order chi connectivity index (χ1) is 15.3. The number of esters is 1. The number of rotatable bonds is 8. The number of hydrogen-bond donors (Lipinski definition) is 2. The van der Waals surface area contributed by atoms with E-state index in [2.05, 4.69) is 23.6 Å². The zero-order valence-electron chi connectivity index (χ0n) is 19.5. The summed E-state index contributed by atoms with van der Waals surface area (Å²) in [7, 11) is 0. The van der Waals surface area contributed by atoms with Crippen molar-refractivity contribution in [1.82, 2.24) is 10.6 Å². The fourth-order valence-corrected chi connectivity index (χ4v) is 3.79. The van der Waals surface area contributed by atoms with Gasteiger partial charge in [-0.25, -0.2) is 9.59 Å². The van der Waals surface area contributed by atoms with Gasteiger partial charge in [0, 0.05) is 5.70 Å². The van der Waals surface area contributed by atoms with E-state index < -0.39 is 12.0 Å². The Morgan fingerprint density at radius 3 is 2.28 bits per heavy atom. The van der Waals surface area contributed by atoms with Crippen molar-refractivity contribution in [3.05, 3.63) is 70.4 Å². The highest BCUT2D eigenvalue weighted by Gasteiger charge is 2.33. The van der Waals surface area contributed by atoms with Crippen LogP contribution in [0, 0.1) is 13.8 Å². The summed E-state index contributed by atoms with van der Waals surface area (Å²) in [6, 6.07) is 12.6. The van der Waals surface area contributed by atoms with Gasteiger partial charge in [0.15, 0.2) is 0 Å². The maximum Gasteiger partial charge on any atom is 0.338 e. The molecule has 1 heterocycles. The third kappa shape index (κ3) is 5.90. The van der Waals surface area contributed by atoms with Crippen LogP contribution in [-0.4, -0.2) is 18.1 Å². The predicted octanol–water partition coefficient (Wildman–Crippen LogP) is 5.85. The molecule has 1 aliphatic rings. The van der Waals surface area contributed by atoms with E-state index in [0.717, 1.165) is 35.3 Å². The third-order valence-electron chi connectivity index (χ3n) is 5.14. The van der Waals surface area contributed by atoms with Crippen LogP contribution in [0.15, 0.2) is 53.7 Å². The first-order valence-electron chi connectivity index (χ1n) is 11.1. The van der Waals surface area contributed by atoms with Gasteiger partial charge in [-0.15, -0.1) is 0 Å². The lowest BCUT2D eigenvalue weighted by molar-refractivity contribution is -0.143. The molecule has 170 valence electrons. The van der Waals surface area contributed by atoms with Crippen molar-refractivity contribution in [2.45, 2.75) is 66.0 Å². The maximum atomic E-state index is 12.9. The van der Waals surface area contributed by atoms with Crippen LogP contribution in [0.3, 0.4) is 0 Å². The number of benzene rings is 2. The van der Waals surface area contributed by atoms with Gasteiger partial charge >= 0.3 is 12.0 Å². The summed E-state index contributed by atoms with van der Waals surface area (Å²) >= 11 is 0. The van der Waals surface area contributed by atoms with Crippen LogP contribution in [-0.2, 0) is 9.53 Å². The zero-order chi connectivity index (χ0) is 23.3. The highest BCUT2D eigenvalue weighted by atomic mass is 16.5. The standard InChI is InChI=1S/C26H32N2O4/c1-6-7-8-22-23(25(29)31-16(2)3)24(28-26(30)27-22)19-9-11-20(12-10-19)32-21-14-17(4)13-18(5)15-21/h9-16,24H,6-8H2,1-5H3,(H2,27,28,30). The molecule has 0 aliphatic carbocycles. The molecular weight excluding hydrogens is 404 g/mol. The maximum absolute atomic E-state index is 12.9. The van der Waals surface area contributed by atoms with Gasteiger partial charge in [-0.3, -0.25) is 0 Å². The Hall–Kier alpha value is -3.28. The number of allylic oxidation sites excluding steroid dienone is 1. The van der Waals surface area contributed by atoms with Gasteiger partial charge in [0.05, 0.1) is 17.7 Å². The monoisotopic (exact) mass is 436 g/mol. The fraction of sp³-hybridized carbons (Fsp3) is 0.385. The Bertz CT molecular complexity index is 989. The first kappa shape index (κ1) is 23.4. The lowest BCUT2D eigenvalue weighted by Crippen LogP contribution is -2.46. The van der Waals surface area contributed by atoms with Crippen LogP contribution >= 0.6 is 0 Å². The van der Waals surface area contributed by atoms with Crippen LogP contribution in [0.5, 0.6) is 11.5 Å². The van der Waals surface area contributed by atoms with Gasteiger partial charge in [0.25, 0.3) is 0 Å². The first-order valence-corrected chi connectivity index (χ1v) is 11.1. The number of ether oxygens (including phenoxy) is 2. The van der Waals surface area contributed by atoms with E-state index >= 15 is 0 Å². The smallest absolute Gasteiger partial charge is 0.338 e. The van der Waals surface area contributed by atoms with Crippen LogP contribution in [0.25, 0.3) is 0 Å². The van der Waals surface area contributed by atoms with Gasteiger partial charge in [0.1, 0.15) is 11.5 Å². The second-order valence-electron chi connectivity index (χ2n) is 8.48. The number of amides is 2. The molecule has 2 aromatic carbocycles. The summed E-state index contributed by atoms with van der Waals surface area (Å²) in [6.07, 6.45) is 2.17. The minimum Gasteiger partial charge on any atom is -0.459 e. The summed E-state index contributed by atoms with van der Waals surface area (Å²) in [5.41, 5.74) is 4.13. The number of aryl methyl sites for hydroxylation is 2. The number of nitrogens with one attached hydrogen (secondary N) is 2. The molecule has 6 heteroatoms. The van der Waals surface area contributed by atoms with E-state index in [9.17, 15) is 9.59 Å². The fourth-order valence-electron chi connectivity index (χ4n) is 3.79. The molecule has 2 N–H and O–H groups in total. The minimum atomic E-state index is -0.586. The molecule has 2 amide bonds. The van der Waals surface area contributed by atoms with E-state index in [0.29, 0.717) is 23.4 Å². The predicted molar refractivity (Wildman–Crippen MR) is 125 cm³/mol. The Labute approximate surface area is 190 Å². The van der Waals surface area contributed by atoms with Gasteiger partial charge < -0.3 is 20.1 Å². The molecule has 1 atom stereocenters. The van der Waals surface area contributed by atoms with E-state index in [4.69, 9.17) is 9.47 Å². The van der Waals surface area contributed by atoms with Crippen LogP contribution in [0.1, 0.15) is 62.8 Å². The van der Waals surface area contributed by atoms with Crippen molar-refractivity contribution in [2.75, 3.05) is 0 Å². The van der Waals surface area contributed by atoms with Crippen molar-refractivity contribution >= 4 is 12.0 Å². The second kappa shape index (κ2) is 10.4. The number of hydrogen-bond acceptors (Lipinski definition) is 4. The molecule has 2 aromatic rings. The molecule has 0 radical (unpaired) electrons. The molecule has 0 saturated carbocycles. The molecule has 3 rings (SSSR count). The minimum absolute atomic E-state index is 0.255. The summed E-state index contributed by atoms with van der Waals surface area (Å²) in [6.45, 7) is 9.76. The summed E-state index contributed by atoms with van der Waals surface area (Å²) < 4.78 is 11.5. The van der Waals surface area contributed by atoms with Crippen molar-refractivity contribution in [1.29, 1.82) is 0 Å². The largest absolute Gasteiger partial charge is 0.459 e. The molecular formula is C26H32N2O4. The summed E-state index contributed by atoms with van der Waals surface area (Å²) in [4.78, 5) is 25.3. The molecule has 0 spiro atoms. The van der Waals surface area contributed by atoms with Crippen molar-refractivity contribution < 1.29 is 19.1 Å². The van der Waals surface area contributed by atoms with Crippen LogP contribution in [0.2, 0.25) is 0 Å². The third-order valence-corrected chi connectivity index (χ3v) is 5.14. The van der Waals surface area contributed by atoms with Gasteiger partial charge in [-0.05, 0) is 81.5 Å². The van der Waals surface area contributed by atoms with Gasteiger partial charge in [-0.1, -0.05) is 31.5 Å². The normalized spacial score (nSPS) is 15.9. The number of carbonyl (C=O) groups is 2. The average molecular weight is 437 g/mol. The van der Waals surface area contributed by atoms with Crippen molar-refractivity contribution in [3.63, 3.8) is 0 Å². The number of unbranched alkanes of at least 4 members (excludes halogenated alkanes) is 1. The van der Waals surface area contributed by atoms with Crippen molar-refractivity contribution in [2.24, 2.45) is 0 Å². The zero-order valence-corrected chi connectivity index (χ0v) is 19.5. The average Bonchev–Trinajstić information content (AvgIpc) is 2.71. The number of urea groups is 1. The highest BCUT2D eigenvalue weighted by Crippen LogP contribution is 2.32. The van der Waals surface area contributed by atoms with Gasteiger partial charge in [0.2, 0.25) is 0 Å². The molecule has 0 aromatic heterocycles. The highest BCUT2D eigenvalue weighted by molar-refractivity contribution is 5.95. The van der Waals surface area contributed by atoms with Crippen molar-refractivity contribution in [3.8, 4) is 11.5 Å². The molecule has 0 bridgehead atoms. The van der Waals surface area contributed by atoms with E-state index in [-0.39, 0.29) is 12.1 Å². The van der Waals surface area contributed by atoms with E-state index in [1.807, 2.05) is 64.1 Å². The Balaban J connectivity index is 1.90. The Kier molecular flexibility index (Phi) is 7.57. The van der Waals surface area contributed by atoms with Crippen LogP contribution < -0.4 is 15.4 Å².